The highest BCUT2D eigenvalue weighted by atomic mass is 16.7. The molecule has 1 aliphatic rings. The molecule has 114 valence electrons. The maximum atomic E-state index is 12.1. The van der Waals surface area contributed by atoms with Gasteiger partial charge in [0.15, 0.2) is 0 Å². The maximum absolute atomic E-state index is 12.1. The topological polar surface area (TPSA) is 44.8 Å². The lowest BCUT2D eigenvalue weighted by Crippen LogP contribution is -2.41. The molecule has 0 saturated carbocycles. The first kappa shape index (κ1) is 16.1. The Kier molecular flexibility index (Phi) is 4.44. The second-order valence-electron chi connectivity index (χ2n) is 6.51. The van der Waals surface area contributed by atoms with E-state index in [-0.39, 0.29) is 12.6 Å². The van der Waals surface area contributed by atoms with Gasteiger partial charge in [-0.2, -0.15) is 0 Å². The third kappa shape index (κ3) is 3.47. The molecule has 5 heteroatoms. The highest BCUT2D eigenvalue weighted by Gasteiger charge is 2.54. The third-order valence-corrected chi connectivity index (χ3v) is 4.28. The van der Waals surface area contributed by atoms with Gasteiger partial charge in [-0.05, 0) is 33.3 Å². The number of hydrogen-bond acceptors (Lipinski definition) is 4. The smallest absolute Gasteiger partial charge is 0.461 e. The molecule has 1 saturated heterocycles. The lowest BCUT2D eigenvalue weighted by atomic mass is 9.73. The number of carbonyl (C=O) groups excluding carboxylic acids is 1. The fraction of sp³-hybridized carbons (Fsp3) is 0.562. The van der Waals surface area contributed by atoms with Crippen LogP contribution >= 0.6 is 0 Å². The van der Waals surface area contributed by atoms with Gasteiger partial charge in [0.2, 0.25) is 0 Å². The summed E-state index contributed by atoms with van der Waals surface area (Å²) in [6, 6.07) is 9.61. The van der Waals surface area contributed by atoms with Crippen LogP contribution in [0.25, 0.3) is 0 Å². The molecule has 1 aromatic rings. The monoisotopic (exact) mass is 290 g/mol. The van der Waals surface area contributed by atoms with Crippen molar-refractivity contribution in [3.05, 3.63) is 35.9 Å². The SMILES string of the molecule is CC(B1OC(C)(C)C(C)(C)O1)C(=O)OCc1ccccc1. The van der Waals surface area contributed by atoms with Gasteiger partial charge in [0.05, 0.1) is 17.0 Å². The van der Waals surface area contributed by atoms with Crippen LogP contribution in [0.5, 0.6) is 0 Å². The lowest BCUT2D eigenvalue weighted by molar-refractivity contribution is -0.145. The van der Waals surface area contributed by atoms with Gasteiger partial charge in [-0.25, -0.2) is 0 Å². The quantitative estimate of drug-likeness (QED) is 0.631. The molecule has 0 bridgehead atoms. The fourth-order valence-corrected chi connectivity index (χ4v) is 2.06. The Hall–Kier alpha value is -1.33. The third-order valence-electron chi connectivity index (χ3n) is 4.28. The van der Waals surface area contributed by atoms with Gasteiger partial charge in [-0.1, -0.05) is 37.3 Å². The van der Waals surface area contributed by atoms with E-state index in [2.05, 4.69) is 0 Å². The molecule has 1 heterocycles. The first-order chi connectivity index (χ1) is 9.73. The van der Waals surface area contributed by atoms with Gasteiger partial charge >= 0.3 is 13.1 Å². The van der Waals surface area contributed by atoms with Crippen LogP contribution in [0.2, 0.25) is 5.82 Å². The van der Waals surface area contributed by atoms with Gasteiger partial charge in [0.1, 0.15) is 6.61 Å². The predicted molar refractivity (Wildman–Crippen MR) is 81.7 cm³/mol. The van der Waals surface area contributed by atoms with Gasteiger partial charge < -0.3 is 14.0 Å². The largest absolute Gasteiger partial charge is 0.472 e. The normalized spacial score (nSPS) is 21.1. The molecule has 21 heavy (non-hydrogen) atoms. The minimum atomic E-state index is -0.571. The van der Waals surface area contributed by atoms with Crippen molar-refractivity contribution in [1.29, 1.82) is 0 Å². The summed E-state index contributed by atoms with van der Waals surface area (Å²) in [4.78, 5) is 12.1. The Bertz CT molecular complexity index is 482. The highest BCUT2D eigenvalue weighted by molar-refractivity contribution is 6.52. The van der Waals surface area contributed by atoms with Gasteiger partial charge in [-0.15, -0.1) is 0 Å². The van der Waals surface area contributed by atoms with E-state index >= 15 is 0 Å². The molecule has 1 aliphatic heterocycles. The number of ether oxygens (including phenoxy) is 1. The molecule has 1 unspecified atom stereocenters. The standard InChI is InChI=1S/C16H23BO4/c1-12(17-20-15(2,3)16(4,5)21-17)14(18)19-11-13-9-7-6-8-10-13/h6-10,12H,11H2,1-5H3. The number of carbonyl (C=O) groups is 1. The van der Waals surface area contributed by atoms with E-state index < -0.39 is 24.1 Å². The molecule has 0 aliphatic carbocycles. The molecule has 1 atom stereocenters. The van der Waals surface area contributed by atoms with Crippen LogP contribution in [-0.2, 0) is 25.4 Å². The second-order valence-corrected chi connectivity index (χ2v) is 6.51. The van der Waals surface area contributed by atoms with Crippen molar-refractivity contribution < 1.29 is 18.8 Å². The van der Waals surface area contributed by atoms with E-state index in [1.54, 1.807) is 6.92 Å². The molecule has 0 aromatic heterocycles. The average molecular weight is 290 g/mol. The molecule has 0 radical (unpaired) electrons. The van der Waals surface area contributed by atoms with Crippen molar-refractivity contribution in [3.63, 3.8) is 0 Å². The fourth-order valence-electron chi connectivity index (χ4n) is 2.06. The second kappa shape index (κ2) is 5.81. The molecule has 2 rings (SSSR count). The van der Waals surface area contributed by atoms with E-state index in [1.165, 1.54) is 0 Å². The summed E-state index contributed by atoms with van der Waals surface area (Å²) in [5, 5.41) is 0. The number of rotatable bonds is 4. The zero-order chi connectivity index (χ0) is 15.7. The zero-order valence-electron chi connectivity index (χ0n) is 13.4. The van der Waals surface area contributed by atoms with E-state index in [4.69, 9.17) is 14.0 Å². The summed E-state index contributed by atoms with van der Waals surface area (Å²) in [5.41, 5.74) is 0.0871. The molecule has 1 aromatic carbocycles. The summed E-state index contributed by atoms with van der Waals surface area (Å²) in [6.45, 7) is 9.91. The molecular formula is C16H23BO4. The maximum Gasteiger partial charge on any atom is 0.472 e. The van der Waals surface area contributed by atoms with Crippen molar-refractivity contribution in [3.8, 4) is 0 Å². The number of esters is 1. The molecule has 0 N–H and O–H groups in total. The molecule has 0 spiro atoms. The first-order valence-electron chi connectivity index (χ1n) is 7.29. The van der Waals surface area contributed by atoms with Crippen LogP contribution < -0.4 is 0 Å². The van der Waals surface area contributed by atoms with Gasteiger partial charge in [-0.3, -0.25) is 4.79 Å². The first-order valence-corrected chi connectivity index (χ1v) is 7.29. The van der Waals surface area contributed by atoms with Crippen LogP contribution in [0.3, 0.4) is 0 Å². The zero-order valence-corrected chi connectivity index (χ0v) is 13.4. The van der Waals surface area contributed by atoms with Crippen molar-refractivity contribution in [2.45, 2.75) is 58.2 Å². The number of benzene rings is 1. The van der Waals surface area contributed by atoms with Crippen molar-refractivity contribution in [2.24, 2.45) is 0 Å². The van der Waals surface area contributed by atoms with Gasteiger partial charge in [0, 0.05) is 0 Å². The molecule has 0 amide bonds. The lowest BCUT2D eigenvalue weighted by Gasteiger charge is -2.32. The summed E-state index contributed by atoms with van der Waals surface area (Å²) >= 11 is 0. The van der Waals surface area contributed by atoms with E-state index in [0.29, 0.717) is 0 Å². The Morgan fingerprint density at radius 3 is 2.19 bits per heavy atom. The van der Waals surface area contributed by atoms with Crippen LogP contribution in [0.4, 0.5) is 0 Å². The van der Waals surface area contributed by atoms with E-state index in [1.807, 2.05) is 58.0 Å². The Labute approximate surface area is 126 Å². The summed E-state index contributed by atoms with van der Waals surface area (Å²) in [7, 11) is -0.571. The summed E-state index contributed by atoms with van der Waals surface area (Å²) < 4.78 is 17.1. The van der Waals surface area contributed by atoms with Gasteiger partial charge in [0.25, 0.3) is 0 Å². The van der Waals surface area contributed by atoms with Crippen LogP contribution in [0.15, 0.2) is 30.3 Å². The van der Waals surface area contributed by atoms with Crippen molar-refractivity contribution >= 4 is 13.1 Å². The molecule has 1 fully saturated rings. The Morgan fingerprint density at radius 1 is 1.14 bits per heavy atom. The molecule has 4 nitrogen and oxygen atoms in total. The summed E-state index contributed by atoms with van der Waals surface area (Å²) in [5.74, 6) is -0.771. The Morgan fingerprint density at radius 2 is 1.67 bits per heavy atom. The predicted octanol–water partition coefficient (Wildman–Crippen LogP) is 3.21. The van der Waals surface area contributed by atoms with E-state index in [0.717, 1.165) is 5.56 Å². The van der Waals surface area contributed by atoms with E-state index in [9.17, 15) is 4.79 Å². The summed E-state index contributed by atoms with van der Waals surface area (Å²) in [6.07, 6.45) is 0. The van der Waals surface area contributed by atoms with Crippen molar-refractivity contribution in [2.75, 3.05) is 0 Å². The van der Waals surface area contributed by atoms with Crippen LogP contribution in [0.1, 0.15) is 40.2 Å². The number of hydrogen-bond donors (Lipinski definition) is 0. The highest BCUT2D eigenvalue weighted by Crippen LogP contribution is 2.40. The molecular weight excluding hydrogens is 267 g/mol. The van der Waals surface area contributed by atoms with Crippen LogP contribution in [-0.4, -0.2) is 24.3 Å². The minimum Gasteiger partial charge on any atom is -0.461 e. The Balaban J connectivity index is 1.92. The average Bonchev–Trinajstić information content (AvgIpc) is 2.65. The van der Waals surface area contributed by atoms with Crippen LogP contribution in [0, 0.1) is 0 Å². The van der Waals surface area contributed by atoms with Crippen molar-refractivity contribution in [1.82, 2.24) is 0 Å². The minimum absolute atomic E-state index is 0.267.